The fourth-order valence-electron chi connectivity index (χ4n) is 2.68. The van der Waals surface area contributed by atoms with E-state index < -0.39 is 0 Å². The monoisotopic (exact) mass is 212 g/mol. The van der Waals surface area contributed by atoms with Crippen molar-refractivity contribution < 1.29 is 0 Å². The molecule has 1 N–H and O–H groups in total. The Kier molecular flexibility index (Phi) is 5.07. The van der Waals surface area contributed by atoms with E-state index in [1.807, 2.05) is 0 Å². The maximum Gasteiger partial charge on any atom is 0.00821 e. The van der Waals surface area contributed by atoms with Gasteiger partial charge in [-0.25, -0.2) is 0 Å². The molecule has 0 aliphatic carbocycles. The van der Waals surface area contributed by atoms with Crippen molar-refractivity contribution >= 4 is 0 Å². The number of hydrogen-bond acceptors (Lipinski definition) is 2. The van der Waals surface area contributed by atoms with Gasteiger partial charge in [0.1, 0.15) is 0 Å². The molecular weight excluding hydrogens is 184 g/mol. The highest BCUT2D eigenvalue weighted by Gasteiger charge is 2.23. The highest BCUT2D eigenvalue weighted by atomic mass is 15.2. The van der Waals surface area contributed by atoms with Crippen LogP contribution in [-0.2, 0) is 0 Å². The quantitative estimate of drug-likeness (QED) is 0.773. The maximum absolute atomic E-state index is 3.68. The third kappa shape index (κ3) is 4.12. The summed E-state index contributed by atoms with van der Waals surface area (Å²) in [7, 11) is 0. The number of likely N-dealkylation sites (tertiary alicyclic amines) is 1. The second-order valence-corrected chi connectivity index (χ2v) is 5.56. The van der Waals surface area contributed by atoms with Gasteiger partial charge < -0.3 is 5.32 Å². The molecule has 15 heavy (non-hydrogen) atoms. The van der Waals surface area contributed by atoms with Gasteiger partial charge in [-0.2, -0.15) is 0 Å². The standard InChI is InChI=1S/C13H28N2/c1-10(2)14-13-7-6-12(5)15(9-8-13)11(3)4/h10-14H,6-9H2,1-5H3/t12-,13?/m0/s1. The minimum atomic E-state index is 0.621. The van der Waals surface area contributed by atoms with Crippen LogP contribution in [0.1, 0.15) is 53.9 Å². The normalized spacial score (nSPS) is 29.8. The Morgan fingerprint density at radius 2 is 1.73 bits per heavy atom. The van der Waals surface area contributed by atoms with E-state index in [4.69, 9.17) is 0 Å². The summed E-state index contributed by atoms with van der Waals surface area (Å²) in [5.41, 5.74) is 0. The first-order valence-corrected chi connectivity index (χ1v) is 6.52. The molecule has 0 amide bonds. The SMILES string of the molecule is CC(C)NC1CC[C@H](C)N(C(C)C)CC1. The van der Waals surface area contributed by atoms with Crippen LogP contribution in [0, 0.1) is 0 Å². The molecule has 0 aromatic rings. The van der Waals surface area contributed by atoms with Crippen LogP contribution in [0.3, 0.4) is 0 Å². The van der Waals surface area contributed by atoms with E-state index in [0.717, 1.165) is 12.1 Å². The summed E-state index contributed by atoms with van der Waals surface area (Å²) in [5, 5.41) is 3.68. The average molecular weight is 212 g/mol. The van der Waals surface area contributed by atoms with E-state index in [-0.39, 0.29) is 0 Å². The maximum atomic E-state index is 3.68. The summed E-state index contributed by atoms with van der Waals surface area (Å²) >= 11 is 0. The highest BCUT2D eigenvalue weighted by molar-refractivity contribution is 4.81. The van der Waals surface area contributed by atoms with Gasteiger partial charge in [-0.05, 0) is 40.0 Å². The molecule has 2 heteroatoms. The molecule has 1 unspecified atom stereocenters. The Morgan fingerprint density at radius 1 is 1.07 bits per heavy atom. The molecule has 2 atom stereocenters. The Balaban J connectivity index is 2.46. The zero-order chi connectivity index (χ0) is 11.4. The minimum absolute atomic E-state index is 0.621. The average Bonchev–Trinajstić information content (AvgIpc) is 2.28. The van der Waals surface area contributed by atoms with E-state index in [2.05, 4.69) is 44.8 Å². The number of nitrogens with zero attached hydrogens (tertiary/aromatic N) is 1. The lowest BCUT2D eigenvalue weighted by atomic mass is 10.1. The molecule has 1 rings (SSSR count). The molecule has 1 aliphatic heterocycles. The minimum Gasteiger partial charge on any atom is -0.312 e. The van der Waals surface area contributed by atoms with Crippen molar-refractivity contribution in [1.82, 2.24) is 10.2 Å². The zero-order valence-corrected chi connectivity index (χ0v) is 11.1. The van der Waals surface area contributed by atoms with Crippen LogP contribution in [0.15, 0.2) is 0 Å². The Bertz CT molecular complexity index is 177. The lowest BCUT2D eigenvalue weighted by molar-refractivity contribution is 0.167. The van der Waals surface area contributed by atoms with Gasteiger partial charge in [-0.15, -0.1) is 0 Å². The van der Waals surface area contributed by atoms with E-state index in [0.29, 0.717) is 12.1 Å². The van der Waals surface area contributed by atoms with Gasteiger partial charge in [0.25, 0.3) is 0 Å². The summed E-state index contributed by atoms with van der Waals surface area (Å²) < 4.78 is 0. The summed E-state index contributed by atoms with van der Waals surface area (Å²) in [6.07, 6.45) is 3.98. The summed E-state index contributed by atoms with van der Waals surface area (Å²) in [6.45, 7) is 12.7. The third-order valence-corrected chi connectivity index (χ3v) is 3.47. The second kappa shape index (κ2) is 5.86. The van der Waals surface area contributed by atoms with Crippen LogP contribution in [0.25, 0.3) is 0 Å². The predicted octanol–water partition coefficient (Wildman–Crippen LogP) is 2.64. The smallest absolute Gasteiger partial charge is 0.00821 e. The van der Waals surface area contributed by atoms with Gasteiger partial charge in [-0.1, -0.05) is 13.8 Å². The molecule has 1 fully saturated rings. The molecule has 0 bridgehead atoms. The first-order valence-electron chi connectivity index (χ1n) is 6.52. The molecular formula is C13H28N2. The number of hydrogen-bond donors (Lipinski definition) is 1. The first kappa shape index (κ1) is 13.0. The lowest BCUT2D eigenvalue weighted by Gasteiger charge is -2.30. The topological polar surface area (TPSA) is 15.3 Å². The first-order chi connectivity index (χ1) is 7.00. The molecule has 1 heterocycles. The lowest BCUT2D eigenvalue weighted by Crippen LogP contribution is -2.39. The van der Waals surface area contributed by atoms with Crippen molar-refractivity contribution in [3.63, 3.8) is 0 Å². The van der Waals surface area contributed by atoms with Crippen molar-refractivity contribution in [2.45, 2.75) is 78.0 Å². The highest BCUT2D eigenvalue weighted by Crippen LogP contribution is 2.19. The third-order valence-electron chi connectivity index (χ3n) is 3.47. The summed E-state index contributed by atoms with van der Waals surface area (Å²) in [4.78, 5) is 2.64. The van der Waals surface area contributed by atoms with Crippen molar-refractivity contribution in [3.05, 3.63) is 0 Å². The molecule has 0 saturated carbocycles. The van der Waals surface area contributed by atoms with Gasteiger partial charge in [0.05, 0.1) is 0 Å². The molecule has 1 aliphatic rings. The number of rotatable bonds is 3. The Morgan fingerprint density at radius 3 is 2.27 bits per heavy atom. The van der Waals surface area contributed by atoms with Crippen LogP contribution in [0.2, 0.25) is 0 Å². The largest absolute Gasteiger partial charge is 0.312 e. The van der Waals surface area contributed by atoms with Crippen LogP contribution >= 0.6 is 0 Å². The molecule has 0 radical (unpaired) electrons. The zero-order valence-electron chi connectivity index (χ0n) is 11.1. The molecule has 0 spiro atoms. The summed E-state index contributed by atoms with van der Waals surface area (Å²) in [5.74, 6) is 0. The van der Waals surface area contributed by atoms with Gasteiger partial charge in [-0.3, -0.25) is 4.90 Å². The van der Waals surface area contributed by atoms with Gasteiger partial charge in [0.2, 0.25) is 0 Å². The van der Waals surface area contributed by atoms with Crippen molar-refractivity contribution in [2.75, 3.05) is 6.54 Å². The van der Waals surface area contributed by atoms with E-state index >= 15 is 0 Å². The van der Waals surface area contributed by atoms with E-state index in [9.17, 15) is 0 Å². The van der Waals surface area contributed by atoms with Crippen LogP contribution in [0.5, 0.6) is 0 Å². The molecule has 0 aromatic carbocycles. The van der Waals surface area contributed by atoms with Crippen LogP contribution < -0.4 is 5.32 Å². The van der Waals surface area contributed by atoms with Gasteiger partial charge in [0.15, 0.2) is 0 Å². The molecule has 90 valence electrons. The number of nitrogens with one attached hydrogen (secondary N) is 1. The Hall–Kier alpha value is -0.0800. The van der Waals surface area contributed by atoms with Gasteiger partial charge >= 0.3 is 0 Å². The molecule has 1 saturated heterocycles. The molecule has 2 nitrogen and oxygen atoms in total. The van der Waals surface area contributed by atoms with Crippen molar-refractivity contribution in [3.8, 4) is 0 Å². The van der Waals surface area contributed by atoms with E-state index in [1.54, 1.807) is 0 Å². The second-order valence-electron chi connectivity index (χ2n) is 5.56. The van der Waals surface area contributed by atoms with Crippen LogP contribution in [-0.4, -0.2) is 35.6 Å². The fourth-order valence-corrected chi connectivity index (χ4v) is 2.68. The summed E-state index contributed by atoms with van der Waals surface area (Å²) in [6, 6.07) is 2.80. The van der Waals surface area contributed by atoms with Crippen molar-refractivity contribution in [2.24, 2.45) is 0 Å². The van der Waals surface area contributed by atoms with Gasteiger partial charge in [0, 0.05) is 30.7 Å². The fraction of sp³-hybridized carbons (Fsp3) is 1.00. The van der Waals surface area contributed by atoms with Crippen LogP contribution in [0.4, 0.5) is 0 Å². The van der Waals surface area contributed by atoms with E-state index in [1.165, 1.54) is 25.8 Å². The van der Waals surface area contributed by atoms with Crippen molar-refractivity contribution in [1.29, 1.82) is 0 Å². The Labute approximate surface area is 95.4 Å². The molecule has 0 aromatic heterocycles. The predicted molar refractivity (Wildman–Crippen MR) is 67.2 cm³/mol.